The zero-order chi connectivity index (χ0) is 25.1. The minimum atomic E-state index is -0.251. The number of carbonyl (C=O) groups is 1. The molecular formula is C27H28N2O5S. The van der Waals surface area contributed by atoms with Crippen LogP contribution in [0, 0.1) is 13.8 Å². The summed E-state index contributed by atoms with van der Waals surface area (Å²) >= 11 is 1.39. The minimum Gasteiger partial charge on any atom is -0.497 e. The number of hydrogen-bond acceptors (Lipinski definition) is 7. The van der Waals surface area contributed by atoms with E-state index in [1.807, 2.05) is 57.3 Å². The molecule has 0 unspecified atom stereocenters. The van der Waals surface area contributed by atoms with Crippen molar-refractivity contribution < 1.29 is 23.4 Å². The number of nitrogens with zero attached hydrogens (tertiary/aromatic N) is 1. The zero-order valence-corrected chi connectivity index (χ0v) is 21.5. The second-order valence-corrected chi connectivity index (χ2v) is 8.87. The lowest BCUT2D eigenvalue weighted by atomic mass is 9.96. The number of nitrogens with one attached hydrogen (secondary N) is 1. The second kappa shape index (κ2) is 10.2. The van der Waals surface area contributed by atoms with E-state index in [1.165, 1.54) is 11.3 Å². The van der Waals surface area contributed by atoms with Crippen LogP contribution in [0.15, 0.2) is 46.4 Å². The molecule has 4 aromatic rings. The number of benzene rings is 2. The van der Waals surface area contributed by atoms with Crippen LogP contribution in [0.1, 0.15) is 30.7 Å². The van der Waals surface area contributed by atoms with E-state index in [0.29, 0.717) is 34.6 Å². The topological polar surface area (TPSA) is 82.8 Å². The number of thiazole rings is 1. The summed E-state index contributed by atoms with van der Waals surface area (Å²) in [4.78, 5) is 17.0. The van der Waals surface area contributed by atoms with E-state index in [4.69, 9.17) is 18.6 Å². The summed E-state index contributed by atoms with van der Waals surface area (Å²) in [5.41, 5.74) is 5.72. The van der Waals surface area contributed by atoms with Crippen LogP contribution in [0.4, 0.5) is 5.13 Å². The van der Waals surface area contributed by atoms with Crippen molar-refractivity contribution in [2.75, 3.05) is 26.1 Å². The molecule has 4 rings (SSSR count). The summed E-state index contributed by atoms with van der Waals surface area (Å²) in [5.74, 6) is 1.85. The highest BCUT2D eigenvalue weighted by Crippen LogP contribution is 2.43. The summed E-state index contributed by atoms with van der Waals surface area (Å²) in [6, 6.07) is 7.63. The predicted molar refractivity (Wildman–Crippen MR) is 140 cm³/mol. The van der Waals surface area contributed by atoms with Gasteiger partial charge in [-0.05, 0) is 57.5 Å². The fourth-order valence-electron chi connectivity index (χ4n) is 4.00. The van der Waals surface area contributed by atoms with Crippen molar-refractivity contribution in [1.29, 1.82) is 0 Å². The molecule has 0 aliphatic rings. The van der Waals surface area contributed by atoms with E-state index < -0.39 is 0 Å². The van der Waals surface area contributed by atoms with E-state index in [1.54, 1.807) is 26.6 Å². The van der Waals surface area contributed by atoms with Crippen LogP contribution in [0.25, 0.3) is 27.7 Å². The van der Waals surface area contributed by atoms with Gasteiger partial charge in [-0.25, -0.2) is 4.98 Å². The van der Waals surface area contributed by atoms with Gasteiger partial charge in [0, 0.05) is 39.1 Å². The van der Waals surface area contributed by atoms with Crippen molar-refractivity contribution in [2.24, 2.45) is 0 Å². The van der Waals surface area contributed by atoms with Crippen molar-refractivity contribution in [3.05, 3.63) is 58.8 Å². The van der Waals surface area contributed by atoms with E-state index in [0.717, 1.165) is 38.9 Å². The van der Waals surface area contributed by atoms with E-state index in [2.05, 4.69) is 10.3 Å². The number of carbonyl (C=O) groups excluding carboxylic acids is 1. The Morgan fingerprint density at radius 1 is 1.17 bits per heavy atom. The predicted octanol–water partition coefficient (Wildman–Crippen LogP) is 6.63. The molecule has 8 heteroatoms. The molecule has 0 aliphatic heterocycles. The highest BCUT2D eigenvalue weighted by molar-refractivity contribution is 7.13. The molecular weight excluding hydrogens is 464 g/mol. The first-order valence-corrected chi connectivity index (χ1v) is 12.1. The van der Waals surface area contributed by atoms with Crippen molar-refractivity contribution in [3.63, 3.8) is 0 Å². The van der Waals surface area contributed by atoms with Gasteiger partial charge in [0.05, 0.1) is 32.8 Å². The van der Waals surface area contributed by atoms with Crippen LogP contribution >= 0.6 is 11.3 Å². The molecule has 0 bridgehead atoms. The Hall–Kier alpha value is -3.78. The van der Waals surface area contributed by atoms with Crippen molar-refractivity contribution in [1.82, 2.24) is 4.98 Å². The first kappa shape index (κ1) is 24.3. The normalized spacial score (nSPS) is 11.5. The lowest BCUT2D eigenvalue weighted by Crippen LogP contribution is -2.08. The Labute approximate surface area is 208 Å². The van der Waals surface area contributed by atoms with E-state index in [9.17, 15) is 4.79 Å². The van der Waals surface area contributed by atoms with Gasteiger partial charge >= 0.3 is 0 Å². The van der Waals surface area contributed by atoms with Gasteiger partial charge in [-0.15, -0.1) is 11.3 Å². The summed E-state index contributed by atoms with van der Waals surface area (Å²) in [6.45, 7) is 8.15. The number of aryl methyl sites for hydroxylation is 2. The summed E-state index contributed by atoms with van der Waals surface area (Å²) < 4.78 is 23.1. The Bertz CT molecular complexity index is 1420. The molecule has 2 aromatic carbocycles. The molecule has 35 heavy (non-hydrogen) atoms. The van der Waals surface area contributed by atoms with Crippen LogP contribution in [-0.4, -0.2) is 31.7 Å². The molecule has 0 spiro atoms. The van der Waals surface area contributed by atoms with E-state index >= 15 is 0 Å². The van der Waals surface area contributed by atoms with Gasteiger partial charge in [0.2, 0.25) is 5.91 Å². The molecule has 2 aromatic heterocycles. The van der Waals surface area contributed by atoms with Gasteiger partial charge < -0.3 is 18.6 Å². The maximum atomic E-state index is 12.7. The number of anilines is 1. The summed E-state index contributed by atoms with van der Waals surface area (Å²) in [5, 5.41) is 6.17. The highest BCUT2D eigenvalue weighted by Gasteiger charge is 2.21. The molecule has 0 aliphatic carbocycles. The van der Waals surface area contributed by atoms with Gasteiger partial charge in [0.15, 0.2) is 5.13 Å². The summed E-state index contributed by atoms with van der Waals surface area (Å²) in [7, 11) is 3.26. The minimum absolute atomic E-state index is 0.251. The molecule has 0 atom stereocenters. The average molecular weight is 493 g/mol. The molecule has 182 valence electrons. The fraction of sp³-hybridized carbons (Fsp3) is 0.259. The molecule has 7 nitrogen and oxygen atoms in total. The monoisotopic (exact) mass is 492 g/mol. The quantitative estimate of drug-likeness (QED) is 0.278. The van der Waals surface area contributed by atoms with Crippen LogP contribution in [-0.2, 0) is 4.79 Å². The largest absolute Gasteiger partial charge is 0.497 e. The van der Waals surface area contributed by atoms with Crippen LogP contribution in [0.3, 0.4) is 0 Å². The van der Waals surface area contributed by atoms with Crippen molar-refractivity contribution >= 4 is 38.9 Å². The maximum absolute atomic E-state index is 12.7. The second-order valence-electron chi connectivity index (χ2n) is 8.01. The van der Waals surface area contributed by atoms with Crippen LogP contribution in [0.2, 0.25) is 0 Å². The fourth-order valence-corrected chi connectivity index (χ4v) is 4.69. The molecule has 2 heterocycles. The van der Waals surface area contributed by atoms with Gasteiger partial charge in [0.25, 0.3) is 0 Å². The Morgan fingerprint density at radius 3 is 2.63 bits per heavy atom. The van der Waals surface area contributed by atoms with Gasteiger partial charge in [0.1, 0.15) is 22.8 Å². The molecule has 0 saturated heterocycles. The standard InChI is InChI=1S/C27H28N2O5S/c1-7-33-25-17(4)26-21(22(13-34-26)20-11-18(31-5)8-9-23(20)32-6)12-19(25)15(2)10-24(30)29-27-28-16(3)14-35-27/h8-14H,7H2,1-6H3,(H,28,29,30)/b15-10+. The number of aromatic nitrogens is 1. The number of furan rings is 1. The third-order valence-corrected chi connectivity index (χ3v) is 6.53. The number of fused-ring (bicyclic) bond motifs is 1. The number of allylic oxidation sites excluding steroid dienone is 1. The van der Waals surface area contributed by atoms with Crippen LogP contribution in [0.5, 0.6) is 17.2 Å². The van der Waals surface area contributed by atoms with Crippen molar-refractivity contribution in [2.45, 2.75) is 27.7 Å². The van der Waals surface area contributed by atoms with Gasteiger partial charge in [-0.2, -0.15) is 0 Å². The molecule has 1 N–H and O–H groups in total. The SMILES string of the molecule is CCOc1c(/C(C)=C/C(=O)Nc2nc(C)cs2)cc2c(-c3cc(OC)ccc3OC)coc2c1C. The number of hydrogen-bond donors (Lipinski definition) is 1. The lowest BCUT2D eigenvalue weighted by Gasteiger charge is -2.15. The van der Waals surface area contributed by atoms with Crippen LogP contribution < -0.4 is 19.5 Å². The molecule has 0 saturated carbocycles. The number of ether oxygens (including phenoxy) is 3. The first-order chi connectivity index (χ1) is 16.9. The Kier molecular flexibility index (Phi) is 7.12. The highest BCUT2D eigenvalue weighted by atomic mass is 32.1. The van der Waals surface area contributed by atoms with E-state index in [-0.39, 0.29) is 5.91 Å². The van der Waals surface area contributed by atoms with Crippen molar-refractivity contribution in [3.8, 4) is 28.4 Å². The third kappa shape index (κ3) is 4.88. The zero-order valence-electron chi connectivity index (χ0n) is 20.6. The first-order valence-electron chi connectivity index (χ1n) is 11.2. The molecule has 0 fully saturated rings. The average Bonchev–Trinajstić information content (AvgIpc) is 3.46. The van der Waals surface area contributed by atoms with Gasteiger partial charge in [-0.3, -0.25) is 10.1 Å². The summed E-state index contributed by atoms with van der Waals surface area (Å²) in [6.07, 6.45) is 3.27. The smallest absolute Gasteiger partial charge is 0.250 e. The Morgan fingerprint density at radius 2 is 1.97 bits per heavy atom. The Balaban J connectivity index is 1.84. The lowest BCUT2D eigenvalue weighted by molar-refractivity contribution is -0.111. The molecule has 0 radical (unpaired) electrons. The third-order valence-electron chi connectivity index (χ3n) is 5.65. The molecule has 1 amide bonds. The maximum Gasteiger partial charge on any atom is 0.250 e. The van der Waals surface area contributed by atoms with Gasteiger partial charge in [-0.1, -0.05) is 0 Å². The number of amides is 1. The number of methoxy groups -OCH3 is 2. The number of rotatable bonds is 8.